The third-order valence-corrected chi connectivity index (χ3v) is 5.81. The average molecular weight is 469 g/mol. The van der Waals surface area contributed by atoms with Gasteiger partial charge in [0, 0.05) is 23.3 Å². The van der Waals surface area contributed by atoms with Crippen LogP contribution in [0.2, 0.25) is 10.0 Å². The summed E-state index contributed by atoms with van der Waals surface area (Å²) < 4.78 is 11.6. The van der Waals surface area contributed by atoms with E-state index in [2.05, 4.69) is 21.7 Å². The molecule has 7 nitrogen and oxygen atoms in total. The van der Waals surface area contributed by atoms with Gasteiger partial charge < -0.3 is 19.7 Å². The predicted molar refractivity (Wildman–Crippen MR) is 125 cm³/mol. The van der Waals surface area contributed by atoms with Crippen molar-refractivity contribution in [2.24, 2.45) is 0 Å². The molecular formula is C23H18Cl2N4O3. The first-order valence-electron chi connectivity index (χ1n) is 9.61. The van der Waals surface area contributed by atoms with E-state index in [1.807, 2.05) is 0 Å². The molecule has 0 aliphatic carbocycles. The van der Waals surface area contributed by atoms with Gasteiger partial charge in [-0.1, -0.05) is 29.8 Å². The van der Waals surface area contributed by atoms with E-state index < -0.39 is 0 Å². The van der Waals surface area contributed by atoms with E-state index in [1.165, 1.54) is 12.3 Å². The number of carbonyl (C=O) groups excluding carboxylic acids is 1. The van der Waals surface area contributed by atoms with Crippen molar-refractivity contribution >= 4 is 57.1 Å². The van der Waals surface area contributed by atoms with Gasteiger partial charge in [-0.25, -0.2) is 4.85 Å². The minimum Gasteiger partial charge on any atom is -0.493 e. The second-order valence-electron chi connectivity index (χ2n) is 7.09. The molecule has 1 amide bonds. The fraction of sp³-hybridized carbons (Fsp3) is 0.174. The van der Waals surface area contributed by atoms with Crippen molar-refractivity contribution < 1.29 is 14.3 Å². The number of pyridine rings is 1. The summed E-state index contributed by atoms with van der Waals surface area (Å²) in [6, 6.07) is 8.67. The lowest BCUT2D eigenvalue weighted by atomic mass is 10.1. The van der Waals surface area contributed by atoms with Gasteiger partial charge in [-0.3, -0.25) is 9.78 Å². The van der Waals surface area contributed by atoms with E-state index in [4.69, 9.17) is 39.2 Å². The molecular weight excluding hydrogens is 451 g/mol. The molecule has 1 saturated heterocycles. The van der Waals surface area contributed by atoms with Gasteiger partial charge >= 0.3 is 0 Å². The summed E-state index contributed by atoms with van der Waals surface area (Å²) in [5.74, 6) is 0.876. The number of fused-ring (bicyclic) bond motifs is 1. The van der Waals surface area contributed by atoms with Gasteiger partial charge in [0.05, 0.1) is 48.0 Å². The smallest absolute Gasteiger partial charge is 0.246 e. The predicted octanol–water partition coefficient (Wildman–Crippen LogP) is 5.62. The lowest BCUT2D eigenvalue weighted by Gasteiger charge is -2.38. The maximum atomic E-state index is 11.7. The summed E-state index contributed by atoms with van der Waals surface area (Å²) in [5.41, 5.74) is 2.20. The number of rotatable bonds is 6. The van der Waals surface area contributed by atoms with Crippen molar-refractivity contribution in [1.82, 2.24) is 9.88 Å². The van der Waals surface area contributed by atoms with E-state index in [9.17, 15) is 4.79 Å². The van der Waals surface area contributed by atoms with Crippen LogP contribution in [0.4, 0.5) is 17.1 Å². The molecule has 0 spiro atoms. The standard InChI is InChI=1S/C23H18Cl2N4O3/c1-4-22(30)29-11-14(12-29)32-21-8-15-18(9-20(21)31-3)27-10-19(26-2)23(15)28-13-5-6-16(24)17(25)7-13/h4-10,14H,1,11-12H2,3H3,(H,27,28). The van der Waals surface area contributed by atoms with Crippen LogP contribution in [0, 0.1) is 6.57 Å². The number of nitrogens with one attached hydrogen (secondary N) is 1. The van der Waals surface area contributed by atoms with Gasteiger partial charge in [0.2, 0.25) is 11.6 Å². The van der Waals surface area contributed by atoms with Gasteiger partial charge in [0.1, 0.15) is 6.10 Å². The normalized spacial score (nSPS) is 13.2. The van der Waals surface area contributed by atoms with Crippen molar-refractivity contribution in [2.45, 2.75) is 6.10 Å². The quantitative estimate of drug-likeness (QED) is 0.375. The van der Waals surface area contributed by atoms with Crippen molar-refractivity contribution in [2.75, 3.05) is 25.5 Å². The zero-order valence-corrected chi connectivity index (χ0v) is 18.6. The molecule has 1 aliphatic heterocycles. The Hall–Kier alpha value is -3.47. The van der Waals surface area contributed by atoms with Crippen molar-refractivity contribution in [1.29, 1.82) is 0 Å². The Morgan fingerprint density at radius 3 is 2.72 bits per heavy atom. The summed E-state index contributed by atoms with van der Waals surface area (Å²) in [6.07, 6.45) is 2.61. The number of hydrogen-bond acceptors (Lipinski definition) is 5. The fourth-order valence-electron chi connectivity index (χ4n) is 3.38. The number of ether oxygens (including phenoxy) is 2. The Kier molecular flexibility index (Phi) is 6.08. The van der Waals surface area contributed by atoms with E-state index in [0.29, 0.717) is 62.6 Å². The summed E-state index contributed by atoms with van der Waals surface area (Å²) in [7, 11) is 1.55. The molecule has 2 aromatic carbocycles. The van der Waals surface area contributed by atoms with Crippen LogP contribution in [0.3, 0.4) is 0 Å². The first-order valence-corrected chi connectivity index (χ1v) is 10.4. The number of hydrogen-bond donors (Lipinski definition) is 1. The lowest BCUT2D eigenvalue weighted by molar-refractivity contribution is -0.134. The Morgan fingerprint density at radius 2 is 2.06 bits per heavy atom. The number of methoxy groups -OCH3 is 1. The number of nitrogens with zero attached hydrogens (tertiary/aromatic N) is 3. The largest absolute Gasteiger partial charge is 0.493 e. The molecule has 0 radical (unpaired) electrons. The molecule has 4 rings (SSSR count). The zero-order valence-electron chi connectivity index (χ0n) is 17.1. The minimum atomic E-state index is -0.172. The number of benzene rings is 2. The lowest BCUT2D eigenvalue weighted by Crippen LogP contribution is -2.55. The third-order valence-electron chi connectivity index (χ3n) is 5.07. The highest BCUT2D eigenvalue weighted by atomic mass is 35.5. The molecule has 1 fully saturated rings. The molecule has 0 atom stereocenters. The number of aromatic nitrogens is 1. The van der Waals surface area contributed by atoms with Crippen molar-refractivity contribution in [3.8, 4) is 11.5 Å². The average Bonchev–Trinajstić information content (AvgIpc) is 2.77. The second-order valence-corrected chi connectivity index (χ2v) is 7.91. The molecule has 162 valence electrons. The Morgan fingerprint density at radius 1 is 1.28 bits per heavy atom. The molecule has 3 aromatic rings. The van der Waals surface area contributed by atoms with Crippen LogP contribution < -0.4 is 14.8 Å². The van der Waals surface area contributed by atoms with Gasteiger partial charge in [-0.05, 0) is 30.3 Å². The molecule has 1 N–H and O–H groups in total. The van der Waals surface area contributed by atoms with Crippen molar-refractivity contribution in [3.05, 3.63) is 70.6 Å². The monoisotopic (exact) mass is 468 g/mol. The zero-order chi connectivity index (χ0) is 22.8. The molecule has 9 heteroatoms. The Bertz CT molecular complexity index is 1270. The third kappa shape index (κ3) is 4.15. The highest BCUT2D eigenvalue weighted by molar-refractivity contribution is 6.42. The number of anilines is 2. The number of carbonyl (C=O) groups is 1. The number of likely N-dealkylation sites (tertiary alicyclic amines) is 1. The van der Waals surface area contributed by atoms with E-state index >= 15 is 0 Å². The van der Waals surface area contributed by atoms with Crippen LogP contribution in [-0.4, -0.2) is 42.1 Å². The number of amides is 1. The van der Waals surface area contributed by atoms with Gasteiger partial charge in [0.25, 0.3) is 0 Å². The maximum Gasteiger partial charge on any atom is 0.246 e. The fourth-order valence-corrected chi connectivity index (χ4v) is 3.67. The summed E-state index contributed by atoms with van der Waals surface area (Å²) in [5, 5.41) is 4.77. The molecule has 1 aliphatic rings. The second kappa shape index (κ2) is 8.95. The highest BCUT2D eigenvalue weighted by Gasteiger charge is 2.31. The van der Waals surface area contributed by atoms with Crippen LogP contribution in [0.25, 0.3) is 15.7 Å². The molecule has 0 bridgehead atoms. The van der Waals surface area contributed by atoms with Crippen LogP contribution in [0.1, 0.15) is 0 Å². The molecule has 2 heterocycles. The van der Waals surface area contributed by atoms with E-state index in [1.54, 1.807) is 42.3 Å². The summed E-state index contributed by atoms with van der Waals surface area (Å²) >= 11 is 12.2. The Labute approximate surface area is 195 Å². The van der Waals surface area contributed by atoms with Crippen LogP contribution in [0.5, 0.6) is 11.5 Å². The highest BCUT2D eigenvalue weighted by Crippen LogP contribution is 2.41. The summed E-state index contributed by atoms with van der Waals surface area (Å²) in [4.78, 5) is 21.3. The first kappa shape index (κ1) is 21.8. The van der Waals surface area contributed by atoms with Gasteiger partial charge in [-0.15, -0.1) is 0 Å². The van der Waals surface area contributed by atoms with Gasteiger partial charge in [0.15, 0.2) is 11.5 Å². The van der Waals surface area contributed by atoms with Crippen LogP contribution in [-0.2, 0) is 4.79 Å². The SMILES string of the molecule is [C-]#[N+]c1cnc2cc(OC)c(OC3CN(C(=O)C=C)C3)cc2c1Nc1ccc(Cl)c(Cl)c1. The van der Waals surface area contributed by atoms with Crippen LogP contribution >= 0.6 is 23.2 Å². The first-order chi connectivity index (χ1) is 15.4. The van der Waals surface area contributed by atoms with Gasteiger partial charge in [-0.2, -0.15) is 0 Å². The topological polar surface area (TPSA) is 68.0 Å². The van der Waals surface area contributed by atoms with Crippen molar-refractivity contribution in [3.63, 3.8) is 0 Å². The molecule has 0 unspecified atom stereocenters. The molecule has 1 aromatic heterocycles. The van der Waals surface area contributed by atoms with Crippen LogP contribution in [0.15, 0.2) is 49.2 Å². The Balaban J connectivity index is 1.72. The summed E-state index contributed by atoms with van der Waals surface area (Å²) in [6.45, 7) is 12.0. The van der Waals surface area contributed by atoms with E-state index in [0.717, 1.165) is 0 Å². The maximum absolute atomic E-state index is 11.7. The molecule has 32 heavy (non-hydrogen) atoms. The molecule has 0 saturated carbocycles. The van der Waals surface area contributed by atoms with E-state index in [-0.39, 0.29) is 12.0 Å². The number of halogens is 2. The minimum absolute atomic E-state index is 0.130.